The molecule has 0 radical (unpaired) electrons. The Bertz CT molecular complexity index is 467. The minimum Gasteiger partial charge on any atom is -0.370 e. The quantitative estimate of drug-likeness (QED) is 0.828. The summed E-state index contributed by atoms with van der Waals surface area (Å²) >= 11 is 0. The molecule has 4 heteroatoms. The molecule has 0 aliphatic carbocycles. The van der Waals surface area contributed by atoms with Gasteiger partial charge in [-0.1, -0.05) is 13.8 Å². The van der Waals surface area contributed by atoms with Crippen LogP contribution in [-0.4, -0.2) is 11.4 Å². The van der Waals surface area contributed by atoms with Crippen LogP contribution >= 0.6 is 0 Å². The van der Waals surface area contributed by atoms with Crippen molar-refractivity contribution in [1.82, 2.24) is 0 Å². The average molecular weight is 236 g/mol. The summed E-state index contributed by atoms with van der Waals surface area (Å²) in [5, 5.41) is 6.03. The second-order valence-corrected chi connectivity index (χ2v) is 4.52. The second kappa shape index (κ2) is 4.02. The average Bonchev–Trinajstić information content (AvgIpc) is 2.31. The van der Waals surface area contributed by atoms with Crippen molar-refractivity contribution in [2.45, 2.75) is 39.2 Å². The first-order chi connectivity index (χ1) is 8.02. The normalized spacial score (nSPS) is 17.1. The predicted molar refractivity (Wildman–Crippen MR) is 66.7 cm³/mol. The molecule has 17 heavy (non-hydrogen) atoms. The molecule has 3 nitrogen and oxygen atoms in total. The molecule has 2 N–H and O–H groups in total. The number of carbonyl (C=O) groups is 1. The summed E-state index contributed by atoms with van der Waals surface area (Å²) in [4.78, 5) is 12.0. The largest absolute Gasteiger partial charge is 0.370 e. The fourth-order valence-electron chi connectivity index (χ4n) is 2.19. The third-order valence-corrected chi connectivity index (χ3v) is 3.56. The number of aryl methyl sites for hydroxylation is 1. The second-order valence-electron chi connectivity index (χ2n) is 4.52. The topological polar surface area (TPSA) is 41.1 Å². The van der Waals surface area contributed by atoms with Crippen molar-refractivity contribution in [3.63, 3.8) is 0 Å². The third-order valence-electron chi connectivity index (χ3n) is 3.56. The Balaban J connectivity index is 2.47. The third kappa shape index (κ3) is 1.77. The Morgan fingerprint density at radius 1 is 1.24 bits per heavy atom. The van der Waals surface area contributed by atoms with Crippen LogP contribution in [0.5, 0.6) is 0 Å². The van der Waals surface area contributed by atoms with Crippen LogP contribution in [-0.2, 0) is 4.79 Å². The van der Waals surface area contributed by atoms with Crippen molar-refractivity contribution in [3.8, 4) is 0 Å². The Morgan fingerprint density at radius 3 is 2.47 bits per heavy atom. The number of carbonyl (C=O) groups excluding carboxylic acids is 1. The molecule has 1 aromatic rings. The maximum atomic E-state index is 13.4. The van der Waals surface area contributed by atoms with Crippen LogP contribution in [0.15, 0.2) is 12.1 Å². The minimum absolute atomic E-state index is 0.0850. The van der Waals surface area contributed by atoms with Gasteiger partial charge in [0.25, 0.3) is 0 Å². The molecule has 1 amide bonds. The van der Waals surface area contributed by atoms with Crippen molar-refractivity contribution in [1.29, 1.82) is 0 Å². The van der Waals surface area contributed by atoms with Crippen LogP contribution in [0.2, 0.25) is 0 Å². The number of nitrogens with one attached hydrogen (secondary N) is 2. The van der Waals surface area contributed by atoms with E-state index in [4.69, 9.17) is 0 Å². The first-order valence-corrected chi connectivity index (χ1v) is 5.92. The van der Waals surface area contributed by atoms with E-state index in [0.29, 0.717) is 24.1 Å². The zero-order valence-electron chi connectivity index (χ0n) is 10.4. The van der Waals surface area contributed by atoms with E-state index in [9.17, 15) is 9.18 Å². The van der Waals surface area contributed by atoms with Crippen molar-refractivity contribution in [2.24, 2.45) is 0 Å². The maximum Gasteiger partial charge on any atom is 0.250 e. The van der Waals surface area contributed by atoms with Gasteiger partial charge in [0.15, 0.2) is 0 Å². The van der Waals surface area contributed by atoms with Gasteiger partial charge in [0.1, 0.15) is 11.4 Å². The number of hydrogen-bond acceptors (Lipinski definition) is 2. The van der Waals surface area contributed by atoms with E-state index in [1.807, 2.05) is 13.8 Å². The summed E-state index contributed by atoms with van der Waals surface area (Å²) in [7, 11) is 0. The van der Waals surface area contributed by atoms with Crippen molar-refractivity contribution >= 4 is 17.3 Å². The van der Waals surface area contributed by atoms with Crippen molar-refractivity contribution in [3.05, 3.63) is 23.5 Å². The predicted octanol–water partition coefficient (Wildman–Crippen LogP) is 3.06. The van der Waals surface area contributed by atoms with Crippen LogP contribution in [0.3, 0.4) is 0 Å². The highest BCUT2D eigenvalue weighted by Crippen LogP contribution is 2.35. The van der Waals surface area contributed by atoms with Crippen LogP contribution in [0.25, 0.3) is 0 Å². The van der Waals surface area contributed by atoms with E-state index in [0.717, 1.165) is 5.69 Å². The number of hydrogen-bond donors (Lipinski definition) is 2. The van der Waals surface area contributed by atoms with Gasteiger partial charge in [0, 0.05) is 0 Å². The molecule has 1 aromatic carbocycles. The fourth-order valence-corrected chi connectivity index (χ4v) is 2.19. The van der Waals surface area contributed by atoms with E-state index in [2.05, 4.69) is 10.6 Å². The highest BCUT2D eigenvalue weighted by atomic mass is 19.1. The van der Waals surface area contributed by atoms with E-state index in [1.165, 1.54) is 6.07 Å². The molecule has 0 saturated heterocycles. The lowest BCUT2D eigenvalue weighted by molar-refractivity contribution is -0.120. The highest BCUT2D eigenvalue weighted by molar-refractivity contribution is 6.06. The zero-order chi connectivity index (χ0) is 12.6. The number of amides is 1. The van der Waals surface area contributed by atoms with Gasteiger partial charge in [0.05, 0.1) is 11.4 Å². The summed E-state index contributed by atoms with van der Waals surface area (Å²) in [6.07, 6.45) is 1.40. The van der Waals surface area contributed by atoms with Crippen molar-refractivity contribution < 1.29 is 9.18 Å². The van der Waals surface area contributed by atoms with Gasteiger partial charge in [0.2, 0.25) is 5.91 Å². The van der Waals surface area contributed by atoms with Gasteiger partial charge < -0.3 is 10.6 Å². The summed E-state index contributed by atoms with van der Waals surface area (Å²) in [6, 6.07) is 3.11. The molecule has 0 bridgehead atoms. The Kier molecular flexibility index (Phi) is 2.81. The van der Waals surface area contributed by atoms with Gasteiger partial charge in [-0.3, -0.25) is 4.79 Å². The number of halogens is 1. The molecule has 2 rings (SSSR count). The standard InChI is InChI=1S/C13H17FN2O/c1-4-13(5-2)12(17)15-10-7-9(14)8(3)6-11(10)16-13/h6-7,16H,4-5H2,1-3H3,(H,15,17). The number of fused-ring (bicyclic) bond motifs is 1. The lowest BCUT2D eigenvalue weighted by Gasteiger charge is -2.37. The van der Waals surface area contributed by atoms with E-state index < -0.39 is 5.54 Å². The number of benzene rings is 1. The van der Waals surface area contributed by atoms with Gasteiger partial charge in [-0.2, -0.15) is 0 Å². The van der Waals surface area contributed by atoms with Gasteiger partial charge in [-0.25, -0.2) is 4.39 Å². The summed E-state index contributed by atoms with van der Waals surface area (Å²) < 4.78 is 13.4. The fraction of sp³-hybridized carbons (Fsp3) is 0.462. The van der Waals surface area contributed by atoms with Gasteiger partial charge in [-0.15, -0.1) is 0 Å². The first-order valence-electron chi connectivity index (χ1n) is 5.92. The molecule has 0 spiro atoms. The van der Waals surface area contributed by atoms with Crippen LogP contribution in [0.4, 0.5) is 15.8 Å². The van der Waals surface area contributed by atoms with E-state index in [-0.39, 0.29) is 11.7 Å². The molecule has 1 aliphatic rings. The molecular weight excluding hydrogens is 219 g/mol. The molecule has 1 aliphatic heterocycles. The molecular formula is C13H17FN2O. The Hall–Kier alpha value is -1.58. The minimum atomic E-state index is -0.572. The smallest absolute Gasteiger partial charge is 0.250 e. The summed E-state index contributed by atoms with van der Waals surface area (Å²) in [6.45, 7) is 5.65. The number of rotatable bonds is 2. The van der Waals surface area contributed by atoms with Gasteiger partial charge in [-0.05, 0) is 37.5 Å². The van der Waals surface area contributed by atoms with E-state index in [1.54, 1.807) is 13.0 Å². The van der Waals surface area contributed by atoms with E-state index >= 15 is 0 Å². The van der Waals surface area contributed by atoms with Crippen molar-refractivity contribution in [2.75, 3.05) is 10.6 Å². The molecule has 0 saturated carbocycles. The SMILES string of the molecule is CCC1(CC)Nc2cc(C)c(F)cc2NC1=O. The molecule has 0 fully saturated rings. The Labute approximate surface area is 100 Å². The highest BCUT2D eigenvalue weighted by Gasteiger charge is 2.38. The number of anilines is 2. The molecule has 0 atom stereocenters. The molecule has 92 valence electrons. The first kappa shape index (κ1) is 11.9. The maximum absolute atomic E-state index is 13.4. The lowest BCUT2D eigenvalue weighted by Crippen LogP contribution is -2.51. The van der Waals surface area contributed by atoms with Crippen LogP contribution in [0, 0.1) is 12.7 Å². The zero-order valence-corrected chi connectivity index (χ0v) is 10.4. The lowest BCUT2D eigenvalue weighted by atomic mass is 9.89. The summed E-state index contributed by atoms with van der Waals surface area (Å²) in [5.74, 6) is -0.385. The van der Waals surface area contributed by atoms with Gasteiger partial charge >= 0.3 is 0 Å². The monoisotopic (exact) mass is 236 g/mol. The molecule has 1 heterocycles. The summed E-state index contributed by atoms with van der Waals surface area (Å²) in [5.41, 5.74) is 1.33. The van der Waals surface area contributed by atoms with Crippen LogP contribution in [0.1, 0.15) is 32.3 Å². The van der Waals surface area contributed by atoms with Crippen LogP contribution < -0.4 is 10.6 Å². The molecule has 0 unspecified atom stereocenters. The Morgan fingerprint density at radius 2 is 1.88 bits per heavy atom. The molecule has 0 aromatic heterocycles.